The maximum atomic E-state index is 11.4. The highest BCUT2D eigenvalue weighted by molar-refractivity contribution is 5.84. The van der Waals surface area contributed by atoms with Gasteiger partial charge >= 0.3 is 5.97 Å². The van der Waals surface area contributed by atoms with E-state index >= 15 is 0 Å². The average molecular weight is 274 g/mol. The molecule has 0 spiro atoms. The van der Waals surface area contributed by atoms with E-state index in [9.17, 15) is 4.79 Å². The van der Waals surface area contributed by atoms with Gasteiger partial charge in [0.1, 0.15) is 6.33 Å². The Balaban J connectivity index is 2.36. The largest absolute Gasteiger partial charge is 0.463 e. The summed E-state index contributed by atoms with van der Waals surface area (Å²) in [5, 5.41) is 4.15. The zero-order valence-corrected chi connectivity index (χ0v) is 11.8. The fraction of sp³-hybridized carbons (Fsp3) is 0.357. The van der Waals surface area contributed by atoms with Crippen molar-refractivity contribution in [3.63, 3.8) is 0 Å². The van der Waals surface area contributed by atoms with E-state index in [2.05, 4.69) is 14.8 Å². The summed E-state index contributed by atoms with van der Waals surface area (Å²) >= 11 is 0. The Hall–Kier alpha value is -2.21. The Morgan fingerprint density at radius 1 is 1.35 bits per heavy atom. The Bertz CT molecular complexity index is 589. The van der Waals surface area contributed by atoms with Gasteiger partial charge < -0.3 is 10.5 Å². The molecule has 0 radical (unpaired) electrons. The van der Waals surface area contributed by atoms with Gasteiger partial charge in [-0.25, -0.2) is 14.5 Å². The first kappa shape index (κ1) is 14.2. The molecule has 1 aromatic heterocycles. The van der Waals surface area contributed by atoms with E-state index in [-0.39, 0.29) is 17.9 Å². The SMILES string of the molecule is COC(=O)c1ncn(C(c2ccc(C)cc2)C(C)N)n1. The molecule has 20 heavy (non-hydrogen) atoms. The predicted octanol–water partition coefficient (Wildman–Crippen LogP) is 1.31. The van der Waals surface area contributed by atoms with Crippen LogP contribution in [0.1, 0.15) is 34.7 Å². The van der Waals surface area contributed by atoms with E-state index < -0.39 is 5.97 Å². The van der Waals surface area contributed by atoms with Crippen molar-refractivity contribution in [1.29, 1.82) is 0 Å². The molecule has 2 aromatic rings. The molecular weight excluding hydrogens is 256 g/mol. The molecule has 0 saturated heterocycles. The number of aryl methyl sites for hydroxylation is 1. The van der Waals surface area contributed by atoms with Crippen LogP contribution in [0.5, 0.6) is 0 Å². The lowest BCUT2D eigenvalue weighted by atomic mass is 10.0. The van der Waals surface area contributed by atoms with Crippen LogP contribution in [0, 0.1) is 6.92 Å². The second-order valence-electron chi connectivity index (χ2n) is 4.75. The van der Waals surface area contributed by atoms with Gasteiger partial charge in [-0.15, -0.1) is 5.10 Å². The summed E-state index contributed by atoms with van der Waals surface area (Å²) in [7, 11) is 1.30. The predicted molar refractivity (Wildman–Crippen MR) is 74.3 cm³/mol. The minimum atomic E-state index is -0.559. The van der Waals surface area contributed by atoms with Crippen molar-refractivity contribution in [1.82, 2.24) is 14.8 Å². The van der Waals surface area contributed by atoms with Gasteiger partial charge in [0.05, 0.1) is 13.2 Å². The monoisotopic (exact) mass is 274 g/mol. The summed E-state index contributed by atoms with van der Waals surface area (Å²) in [6.45, 7) is 3.92. The number of carbonyl (C=O) groups excluding carboxylic acids is 1. The van der Waals surface area contributed by atoms with Crippen LogP contribution >= 0.6 is 0 Å². The van der Waals surface area contributed by atoms with Crippen molar-refractivity contribution in [2.24, 2.45) is 5.73 Å². The molecule has 1 aromatic carbocycles. The maximum Gasteiger partial charge on any atom is 0.377 e. The normalized spacial score (nSPS) is 13.8. The number of benzene rings is 1. The summed E-state index contributed by atoms with van der Waals surface area (Å²) in [4.78, 5) is 15.4. The third-order valence-electron chi connectivity index (χ3n) is 3.08. The average Bonchev–Trinajstić information content (AvgIpc) is 2.89. The van der Waals surface area contributed by atoms with Crippen molar-refractivity contribution in [2.75, 3.05) is 7.11 Å². The van der Waals surface area contributed by atoms with E-state index in [1.165, 1.54) is 19.0 Å². The maximum absolute atomic E-state index is 11.4. The summed E-state index contributed by atoms with van der Waals surface area (Å²) in [5.74, 6) is -0.527. The van der Waals surface area contributed by atoms with E-state index in [1.54, 1.807) is 4.68 Å². The van der Waals surface area contributed by atoms with Gasteiger partial charge in [-0.1, -0.05) is 29.8 Å². The number of methoxy groups -OCH3 is 1. The first-order chi connectivity index (χ1) is 9.52. The minimum absolute atomic E-state index is 0.0326. The summed E-state index contributed by atoms with van der Waals surface area (Å²) in [5.41, 5.74) is 8.24. The van der Waals surface area contributed by atoms with Gasteiger partial charge in [0.15, 0.2) is 0 Å². The summed E-state index contributed by atoms with van der Waals surface area (Å²) in [6, 6.07) is 7.68. The minimum Gasteiger partial charge on any atom is -0.463 e. The van der Waals surface area contributed by atoms with Crippen molar-refractivity contribution in [3.8, 4) is 0 Å². The molecule has 2 rings (SSSR count). The third-order valence-corrected chi connectivity index (χ3v) is 3.08. The fourth-order valence-electron chi connectivity index (χ4n) is 2.05. The van der Waals surface area contributed by atoms with Crippen LogP contribution in [-0.4, -0.2) is 33.9 Å². The Kier molecular flexibility index (Phi) is 4.14. The molecular formula is C14H18N4O2. The van der Waals surface area contributed by atoms with Gasteiger partial charge in [-0.2, -0.15) is 0 Å². The van der Waals surface area contributed by atoms with Crippen LogP contribution in [0.4, 0.5) is 0 Å². The van der Waals surface area contributed by atoms with Crippen molar-refractivity contribution in [2.45, 2.75) is 25.9 Å². The molecule has 0 aliphatic carbocycles. The van der Waals surface area contributed by atoms with Gasteiger partial charge in [0.25, 0.3) is 5.82 Å². The highest BCUT2D eigenvalue weighted by Crippen LogP contribution is 2.20. The van der Waals surface area contributed by atoms with Crippen LogP contribution in [0.3, 0.4) is 0 Å². The topological polar surface area (TPSA) is 83.0 Å². The molecule has 0 saturated carbocycles. The van der Waals surface area contributed by atoms with E-state index in [0.29, 0.717) is 0 Å². The third kappa shape index (κ3) is 2.85. The number of nitrogens with two attached hydrogens (primary N) is 1. The Morgan fingerprint density at radius 3 is 2.55 bits per heavy atom. The number of aromatic nitrogens is 3. The quantitative estimate of drug-likeness (QED) is 0.850. The zero-order valence-electron chi connectivity index (χ0n) is 11.8. The van der Waals surface area contributed by atoms with E-state index in [1.807, 2.05) is 38.1 Å². The zero-order chi connectivity index (χ0) is 14.7. The van der Waals surface area contributed by atoms with Crippen LogP contribution in [0.25, 0.3) is 0 Å². The molecule has 106 valence electrons. The Labute approximate surface area is 117 Å². The lowest BCUT2D eigenvalue weighted by Crippen LogP contribution is -2.30. The number of hydrogen-bond acceptors (Lipinski definition) is 5. The fourth-order valence-corrected chi connectivity index (χ4v) is 2.05. The van der Waals surface area contributed by atoms with Gasteiger partial charge in [-0.05, 0) is 19.4 Å². The van der Waals surface area contributed by atoms with Crippen LogP contribution in [-0.2, 0) is 4.74 Å². The van der Waals surface area contributed by atoms with E-state index in [0.717, 1.165) is 5.56 Å². The number of esters is 1. The molecule has 0 amide bonds. The highest BCUT2D eigenvalue weighted by atomic mass is 16.5. The Morgan fingerprint density at radius 2 is 2.00 bits per heavy atom. The van der Waals surface area contributed by atoms with Crippen molar-refractivity contribution >= 4 is 5.97 Å². The molecule has 2 unspecified atom stereocenters. The van der Waals surface area contributed by atoms with Crippen LogP contribution < -0.4 is 5.73 Å². The number of ether oxygens (including phenoxy) is 1. The number of hydrogen-bond donors (Lipinski definition) is 1. The molecule has 0 aliphatic rings. The highest BCUT2D eigenvalue weighted by Gasteiger charge is 2.21. The summed E-state index contributed by atoms with van der Waals surface area (Å²) in [6.07, 6.45) is 1.50. The first-order valence-corrected chi connectivity index (χ1v) is 6.34. The second kappa shape index (κ2) is 5.83. The lowest BCUT2D eigenvalue weighted by molar-refractivity contribution is 0.0586. The number of nitrogens with zero attached hydrogens (tertiary/aromatic N) is 3. The molecule has 0 aliphatic heterocycles. The van der Waals surface area contributed by atoms with E-state index in [4.69, 9.17) is 5.73 Å². The van der Waals surface area contributed by atoms with Crippen LogP contribution in [0.15, 0.2) is 30.6 Å². The standard InChI is InChI=1S/C14H18N4O2/c1-9-4-6-11(7-5-9)12(10(2)15)18-8-16-13(17-18)14(19)20-3/h4-8,10,12H,15H2,1-3H3. The number of rotatable bonds is 4. The molecule has 6 heteroatoms. The van der Waals surface area contributed by atoms with Crippen LogP contribution in [0.2, 0.25) is 0 Å². The number of carbonyl (C=O) groups is 1. The molecule has 0 fully saturated rings. The lowest BCUT2D eigenvalue weighted by Gasteiger charge is -2.21. The van der Waals surface area contributed by atoms with Gasteiger partial charge in [0.2, 0.25) is 0 Å². The van der Waals surface area contributed by atoms with Gasteiger partial charge in [-0.3, -0.25) is 0 Å². The van der Waals surface area contributed by atoms with Crippen molar-refractivity contribution < 1.29 is 9.53 Å². The molecule has 2 N–H and O–H groups in total. The van der Waals surface area contributed by atoms with Gasteiger partial charge in [0, 0.05) is 6.04 Å². The smallest absolute Gasteiger partial charge is 0.377 e. The summed E-state index contributed by atoms with van der Waals surface area (Å²) < 4.78 is 6.20. The van der Waals surface area contributed by atoms with Crippen molar-refractivity contribution in [3.05, 3.63) is 47.5 Å². The molecule has 2 atom stereocenters. The molecule has 6 nitrogen and oxygen atoms in total. The molecule has 0 bridgehead atoms. The first-order valence-electron chi connectivity index (χ1n) is 6.34. The second-order valence-corrected chi connectivity index (χ2v) is 4.75. The molecule has 1 heterocycles.